The number of benzene rings is 1. The van der Waals surface area contributed by atoms with E-state index in [0.717, 1.165) is 25.8 Å². The van der Waals surface area contributed by atoms with Gasteiger partial charge >= 0.3 is 0 Å². The Hall–Kier alpha value is -1.64. The number of aromatic nitrogens is 3. The number of aromatic amines is 1. The van der Waals surface area contributed by atoms with Crippen LogP contribution in [0, 0.1) is 0 Å². The molecule has 3 rings (SSSR count). The molecule has 1 N–H and O–H groups in total. The number of rotatable bonds is 6. The van der Waals surface area contributed by atoms with Gasteiger partial charge in [0, 0.05) is 33.1 Å². The lowest BCUT2D eigenvalue weighted by Gasteiger charge is -2.16. The third-order valence-electron chi connectivity index (χ3n) is 3.33. The lowest BCUT2D eigenvalue weighted by atomic mass is 10.1. The smallest absolute Gasteiger partial charge is 0.253 e. The normalized spacial score (nSPS) is 10.8. The number of H-pyrrole nitrogens is 1. The number of hydrogen-bond donors (Lipinski definition) is 1. The zero-order valence-electron chi connectivity index (χ0n) is 12.9. The first-order chi connectivity index (χ1) is 11.6. The first-order valence-electron chi connectivity index (χ1n) is 7.17. The summed E-state index contributed by atoms with van der Waals surface area (Å²) in [5, 5.41) is 9.44. The molecule has 1 aromatic carbocycles. The van der Waals surface area contributed by atoms with Crippen LogP contribution in [0.5, 0.6) is 0 Å². The average molecular weight is 423 g/mol. The highest BCUT2D eigenvalue weighted by atomic mass is 79.9. The molecule has 0 aliphatic rings. The Kier molecular flexibility index (Phi) is 5.70. The quantitative estimate of drug-likeness (QED) is 0.604. The number of halogens is 1. The van der Waals surface area contributed by atoms with Gasteiger partial charge in [0.05, 0.1) is 6.54 Å². The second-order valence-corrected chi connectivity index (χ2v) is 8.04. The Labute approximate surface area is 156 Å². The van der Waals surface area contributed by atoms with Crippen LogP contribution in [0.1, 0.15) is 20.8 Å². The molecule has 2 aromatic heterocycles. The minimum atomic E-state index is 0.0222. The van der Waals surface area contributed by atoms with Gasteiger partial charge in [0.2, 0.25) is 0 Å². The van der Waals surface area contributed by atoms with E-state index >= 15 is 0 Å². The molecule has 0 spiro atoms. The van der Waals surface area contributed by atoms with Crippen molar-refractivity contribution in [1.29, 1.82) is 0 Å². The van der Waals surface area contributed by atoms with E-state index < -0.39 is 0 Å². The molecule has 0 unspecified atom stereocenters. The lowest BCUT2D eigenvalue weighted by molar-refractivity contribution is 0.0786. The summed E-state index contributed by atoms with van der Waals surface area (Å²) in [5.74, 6) is 0.803. The van der Waals surface area contributed by atoms with Gasteiger partial charge in [-0.15, -0.1) is 11.3 Å². The van der Waals surface area contributed by atoms with Crippen LogP contribution in [-0.2, 0) is 12.3 Å². The summed E-state index contributed by atoms with van der Waals surface area (Å²) in [5.41, 5.74) is 1.83. The van der Waals surface area contributed by atoms with Crippen molar-refractivity contribution in [2.45, 2.75) is 17.5 Å². The number of nitrogens with one attached hydrogen (secondary N) is 1. The van der Waals surface area contributed by atoms with Crippen LogP contribution >= 0.6 is 39.0 Å². The predicted octanol–water partition coefficient (Wildman–Crippen LogP) is 4.19. The summed E-state index contributed by atoms with van der Waals surface area (Å²) >= 11 is 6.65. The lowest BCUT2D eigenvalue weighted by Crippen LogP contribution is -2.25. The van der Waals surface area contributed by atoms with E-state index in [1.807, 2.05) is 42.8 Å². The van der Waals surface area contributed by atoms with Gasteiger partial charge in [-0.05, 0) is 39.7 Å². The molecule has 0 radical (unpaired) electrons. The fraction of sp³-hybridized carbons (Fsp3) is 0.188. The van der Waals surface area contributed by atoms with Crippen molar-refractivity contribution in [3.63, 3.8) is 0 Å². The molecule has 2 heterocycles. The molecule has 124 valence electrons. The van der Waals surface area contributed by atoms with E-state index in [1.54, 1.807) is 28.0 Å². The predicted molar refractivity (Wildman–Crippen MR) is 100 cm³/mol. The van der Waals surface area contributed by atoms with Crippen LogP contribution in [0.15, 0.2) is 51.7 Å². The van der Waals surface area contributed by atoms with Crippen molar-refractivity contribution in [3.8, 4) is 0 Å². The molecular weight excluding hydrogens is 408 g/mol. The van der Waals surface area contributed by atoms with Gasteiger partial charge in [0.25, 0.3) is 5.91 Å². The van der Waals surface area contributed by atoms with Gasteiger partial charge in [-0.3, -0.25) is 9.89 Å². The summed E-state index contributed by atoms with van der Waals surface area (Å²) in [6.07, 6.45) is 1.49. The zero-order valence-corrected chi connectivity index (χ0v) is 16.1. The maximum Gasteiger partial charge on any atom is 0.253 e. The molecule has 24 heavy (non-hydrogen) atoms. The van der Waals surface area contributed by atoms with Crippen LogP contribution in [0.2, 0.25) is 0 Å². The van der Waals surface area contributed by atoms with Crippen molar-refractivity contribution < 1.29 is 4.79 Å². The fourth-order valence-corrected chi connectivity index (χ4v) is 4.36. The highest BCUT2D eigenvalue weighted by Crippen LogP contribution is 2.22. The van der Waals surface area contributed by atoms with E-state index in [2.05, 4.69) is 31.1 Å². The standard InChI is InChI=1S/C16H15BrN4OS2/c1-21(7-14-6-13(17)9-23-14)15(22)12-4-2-11(3-5-12)8-24-16-18-10-19-20-16/h2-6,9-10H,7-8H2,1H3,(H,18,19,20). The number of carbonyl (C=O) groups excluding carboxylic acids is 1. The molecule has 8 heteroatoms. The molecule has 5 nitrogen and oxygen atoms in total. The fourth-order valence-electron chi connectivity index (χ4n) is 2.12. The summed E-state index contributed by atoms with van der Waals surface area (Å²) < 4.78 is 1.05. The van der Waals surface area contributed by atoms with Crippen molar-refractivity contribution in [3.05, 3.63) is 62.5 Å². The van der Waals surface area contributed by atoms with Crippen LogP contribution in [0.3, 0.4) is 0 Å². The average Bonchev–Trinajstić information content (AvgIpc) is 3.24. The number of thiophene rings is 1. The highest BCUT2D eigenvalue weighted by molar-refractivity contribution is 9.10. The molecule has 0 bridgehead atoms. The number of amides is 1. The largest absolute Gasteiger partial charge is 0.337 e. The SMILES string of the molecule is CN(Cc1cc(Br)cs1)C(=O)c1ccc(CSc2ncn[nH]2)cc1. The highest BCUT2D eigenvalue weighted by Gasteiger charge is 2.13. The minimum absolute atomic E-state index is 0.0222. The van der Waals surface area contributed by atoms with Crippen molar-refractivity contribution in [1.82, 2.24) is 20.1 Å². The summed E-state index contributed by atoms with van der Waals surface area (Å²) in [6.45, 7) is 0.609. The minimum Gasteiger partial charge on any atom is -0.337 e. The second-order valence-electron chi connectivity index (χ2n) is 5.17. The molecule has 3 aromatic rings. The Morgan fingerprint density at radius 3 is 2.79 bits per heavy atom. The van der Waals surface area contributed by atoms with Gasteiger partial charge in [-0.1, -0.05) is 23.9 Å². The number of thioether (sulfide) groups is 1. The van der Waals surface area contributed by atoms with Crippen molar-refractivity contribution >= 4 is 44.9 Å². The molecule has 0 saturated heterocycles. The monoisotopic (exact) mass is 422 g/mol. The first kappa shape index (κ1) is 17.2. The van der Waals surface area contributed by atoms with E-state index in [1.165, 1.54) is 6.33 Å². The zero-order chi connectivity index (χ0) is 16.9. The number of nitrogens with zero attached hydrogens (tertiary/aromatic N) is 3. The first-order valence-corrected chi connectivity index (χ1v) is 9.83. The molecule has 0 atom stereocenters. The Morgan fingerprint density at radius 1 is 1.38 bits per heavy atom. The van der Waals surface area contributed by atoms with Crippen LogP contribution in [0.25, 0.3) is 0 Å². The summed E-state index contributed by atoms with van der Waals surface area (Å²) in [7, 11) is 1.82. The number of carbonyl (C=O) groups is 1. The van der Waals surface area contributed by atoms with Gasteiger partial charge in [-0.25, -0.2) is 4.98 Å². The van der Waals surface area contributed by atoms with Gasteiger partial charge in [0.1, 0.15) is 6.33 Å². The molecule has 0 aliphatic carbocycles. The van der Waals surface area contributed by atoms with Crippen molar-refractivity contribution in [2.75, 3.05) is 7.05 Å². The molecular formula is C16H15BrN4OS2. The Morgan fingerprint density at radius 2 is 2.17 bits per heavy atom. The third-order valence-corrected chi connectivity index (χ3v) is 5.96. The Balaban J connectivity index is 1.58. The molecule has 0 aliphatic heterocycles. The van der Waals surface area contributed by atoms with E-state index in [4.69, 9.17) is 0 Å². The molecule has 0 fully saturated rings. The van der Waals surface area contributed by atoms with Gasteiger partial charge in [-0.2, -0.15) is 5.10 Å². The van der Waals surface area contributed by atoms with Crippen LogP contribution < -0.4 is 0 Å². The van der Waals surface area contributed by atoms with Gasteiger partial charge < -0.3 is 4.90 Å². The van der Waals surface area contributed by atoms with Crippen molar-refractivity contribution in [2.24, 2.45) is 0 Å². The maximum atomic E-state index is 12.5. The summed E-state index contributed by atoms with van der Waals surface area (Å²) in [4.78, 5) is 19.5. The Bertz CT molecular complexity index is 802. The van der Waals surface area contributed by atoms with E-state index in [-0.39, 0.29) is 5.91 Å². The topological polar surface area (TPSA) is 61.9 Å². The number of hydrogen-bond acceptors (Lipinski definition) is 5. The van der Waals surface area contributed by atoms with Gasteiger partial charge in [0.15, 0.2) is 5.16 Å². The second kappa shape index (κ2) is 7.96. The molecule has 1 amide bonds. The van der Waals surface area contributed by atoms with Crippen LogP contribution in [0.4, 0.5) is 0 Å². The molecule has 0 saturated carbocycles. The van der Waals surface area contributed by atoms with E-state index in [0.29, 0.717) is 12.1 Å². The maximum absolute atomic E-state index is 12.5. The third kappa shape index (κ3) is 4.46. The van der Waals surface area contributed by atoms with Crippen LogP contribution in [-0.4, -0.2) is 33.0 Å². The van der Waals surface area contributed by atoms with E-state index in [9.17, 15) is 4.79 Å². The summed E-state index contributed by atoms with van der Waals surface area (Å²) in [6, 6.07) is 9.75.